The second kappa shape index (κ2) is 7.26. The topological polar surface area (TPSA) is 32.7 Å². The molecule has 0 saturated heterocycles. The van der Waals surface area contributed by atoms with Crippen molar-refractivity contribution in [2.75, 3.05) is 38.3 Å². The number of hydrogen-bond acceptors (Lipinski definition) is 3. The average Bonchev–Trinajstić information content (AvgIpc) is 2.29. The zero-order valence-corrected chi connectivity index (χ0v) is 9.22. The number of benzene rings is 1. The lowest BCUT2D eigenvalue weighted by molar-refractivity contribution is 0.195. The molecule has 0 amide bonds. The first-order valence-corrected chi connectivity index (χ1v) is 5.28. The minimum absolute atomic E-state index is 0.182. The maximum absolute atomic E-state index is 8.98. The van der Waals surface area contributed by atoms with Crippen molar-refractivity contribution in [3.8, 4) is 0 Å². The van der Waals surface area contributed by atoms with Gasteiger partial charge in [0, 0.05) is 32.5 Å². The molecule has 1 aromatic carbocycles. The summed E-state index contributed by atoms with van der Waals surface area (Å²) in [6, 6.07) is 10.1. The van der Waals surface area contributed by atoms with Crippen molar-refractivity contribution in [2.24, 2.45) is 0 Å². The number of ether oxygens (including phenoxy) is 1. The first-order chi connectivity index (χ1) is 7.38. The van der Waals surface area contributed by atoms with Gasteiger partial charge in [0.05, 0.1) is 6.61 Å². The zero-order valence-electron chi connectivity index (χ0n) is 9.22. The van der Waals surface area contributed by atoms with Crippen LogP contribution in [0, 0.1) is 0 Å². The molecule has 0 radical (unpaired) electrons. The monoisotopic (exact) mass is 209 g/mol. The van der Waals surface area contributed by atoms with Gasteiger partial charge in [-0.15, -0.1) is 0 Å². The van der Waals surface area contributed by atoms with Crippen molar-refractivity contribution < 1.29 is 9.84 Å². The molecule has 84 valence electrons. The van der Waals surface area contributed by atoms with E-state index in [1.54, 1.807) is 7.11 Å². The van der Waals surface area contributed by atoms with Crippen LogP contribution in [0.2, 0.25) is 0 Å². The Kier molecular flexibility index (Phi) is 5.81. The van der Waals surface area contributed by atoms with Gasteiger partial charge in [-0.3, -0.25) is 0 Å². The molecule has 0 unspecified atom stereocenters. The van der Waals surface area contributed by atoms with Crippen LogP contribution in [0.4, 0.5) is 5.69 Å². The molecule has 0 heterocycles. The van der Waals surface area contributed by atoms with E-state index in [9.17, 15) is 0 Å². The molecule has 0 fully saturated rings. The Balaban J connectivity index is 2.50. The molecule has 1 rings (SSSR count). The summed E-state index contributed by atoms with van der Waals surface area (Å²) in [5, 5.41) is 8.98. The number of nitrogens with zero attached hydrogens (tertiary/aromatic N) is 1. The van der Waals surface area contributed by atoms with E-state index in [1.165, 1.54) is 0 Å². The summed E-state index contributed by atoms with van der Waals surface area (Å²) in [6.45, 7) is 2.53. The molecule has 3 nitrogen and oxygen atoms in total. The molecule has 15 heavy (non-hydrogen) atoms. The van der Waals surface area contributed by atoms with Gasteiger partial charge in [0.25, 0.3) is 0 Å². The van der Waals surface area contributed by atoms with E-state index < -0.39 is 0 Å². The number of rotatable bonds is 7. The maximum atomic E-state index is 8.98. The van der Waals surface area contributed by atoms with Crippen molar-refractivity contribution >= 4 is 5.69 Å². The molecule has 0 atom stereocenters. The second-order valence-electron chi connectivity index (χ2n) is 3.39. The van der Waals surface area contributed by atoms with E-state index in [1.807, 2.05) is 18.2 Å². The highest BCUT2D eigenvalue weighted by Gasteiger charge is 2.04. The van der Waals surface area contributed by atoms with Crippen LogP contribution < -0.4 is 4.90 Å². The Labute approximate surface area is 91.3 Å². The third kappa shape index (κ3) is 4.32. The fraction of sp³-hybridized carbons (Fsp3) is 0.500. The lowest BCUT2D eigenvalue weighted by Crippen LogP contribution is -2.28. The SMILES string of the molecule is COCCCN(CCO)c1ccccc1. The van der Waals surface area contributed by atoms with E-state index in [2.05, 4.69) is 17.0 Å². The highest BCUT2D eigenvalue weighted by Crippen LogP contribution is 2.12. The first kappa shape index (κ1) is 12.0. The second-order valence-corrected chi connectivity index (χ2v) is 3.39. The van der Waals surface area contributed by atoms with Crippen LogP contribution in [-0.4, -0.2) is 38.5 Å². The third-order valence-corrected chi connectivity index (χ3v) is 2.27. The maximum Gasteiger partial charge on any atom is 0.0606 e. The van der Waals surface area contributed by atoms with Crippen LogP contribution in [0.3, 0.4) is 0 Å². The van der Waals surface area contributed by atoms with Crippen LogP contribution in [0.25, 0.3) is 0 Å². The normalized spacial score (nSPS) is 10.3. The van der Waals surface area contributed by atoms with Gasteiger partial charge in [0.2, 0.25) is 0 Å². The highest BCUT2D eigenvalue weighted by molar-refractivity contribution is 5.45. The van der Waals surface area contributed by atoms with Gasteiger partial charge >= 0.3 is 0 Å². The molecule has 1 N–H and O–H groups in total. The van der Waals surface area contributed by atoms with Crippen LogP contribution in [-0.2, 0) is 4.74 Å². The van der Waals surface area contributed by atoms with Crippen LogP contribution in [0.5, 0.6) is 0 Å². The summed E-state index contributed by atoms with van der Waals surface area (Å²) >= 11 is 0. The standard InChI is InChI=1S/C12H19NO2/c1-15-11-5-8-13(9-10-14)12-6-3-2-4-7-12/h2-4,6-7,14H,5,8-11H2,1H3. The lowest BCUT2D eigenvalue weighted by atomic mass is 10.2. The zero-order chi connectivity index (χ0) is 10.9. The predicted octanol–water partition coefficient (Wildman–Crippen LogP) is 1.52. The molecule has 3 heteroatoms. The Morgan fingerprint density at radius 2 is 1.93 bits per heavy atom. The third-order valence-electron chi connectivity index (χ3n) is 2.27. The Hall–Kier alpha value is -1.06. The Morgan fingerprint density at radius 1 is 1.20 bits per heavy atom. The molecule has 0 aliphatic heterocycles. The average molecular weight is 209 g/mol. The molecule has 0 aliphatic rings. The van der Waals surface area contributed by atoms with Crippen molar-refractivity contribution in [1.82, 2.24) is 0 Å². The molecule has 0 spiro atoms. The van der Waals surface area contributed by atoms with Gasteiger partial charge in [-0.05, 0) is 18.6 Å². The van der Waals surface area contributed by atoms with E-state index in [0.29, 0.717) is 6.54 Å². The Morgan fingerprint density at radius 3 is 2.53 bits per heavy atom. The minimum Gasteiger partial charge on any atom is -0.395 e. The largest absolute Gasteiger partial charge is 0.395 e. The van der Waals surface area contributed by atoms with Crippen molar-refractivity contribution in [1.29, 1.82) is 0 Å². The summed E-state index contributed by atoms with van der Waals surface area (Å²) in [5.74, 6) is 0. The van der Waals surface area contributed by atoms with E-state index in [4.69, 9.17) is 9.84 Å². The van der Waals surface area contributed by atoms with Crippen LogP contribution in [0.15, 0.2) is 30.3 Å². The summed E-state index contributed by atoms with van der Waals surface area (Å²) in [4.78, 5) is 2.17. The summed E-state index contributed by atoms with van der Waals surface area (Å²) in [6.07, 6.45) is 0.978. The van der Waals surface area contributed by atoms with Crippen molar-refractivity contribution in [2.45, 2.75) is 6.42 Å². The fourth-order valence-electron chi connectivity index (χ4n) is 1.53. The fourth-order valence-corrected chi connectivity index (χ4v) is 1.53. The molecule has 0 aliphatic carbocycles. The minimum atomic E-state index is 0.182. The molecule has 1 aromatic rings. The number of aliphatic hydroxyl groups is 1. The van der Waals surface area contributed by atoms with Gasteiger partial charge in [-0.2, -0.15) is 0 Å². The number of hydrogen-bond donors (Lipinski definition) is 1. The van der Waals surface area contributed by atoms with Gasteiger partial charge in [0.15, 0.2) is 0 Å². The molecular weight excluding hydrogens is 190 g/mol. The smallest absolute Gasteiger partial charge is 0.0606 e. The van der Waals surface area contributed by atoms with Gasteiger partial charge in [-0.1, -0.05) is 18.2 Å². The number of para-hydroxylation sites is 1. The van der Waals surface area contributed by atoms with Crippen LogP contribution in [0.1, 0.15) is 6.42 Å². The Bertz CT molecular complexity index is 251. The van der Waals surface area contributed by atoms with E-state index in [-0.39, 0.29) is 6.61 Å². The van der Waals surface area contributed by atoms with Gasteiger partial charge < -0.3 is 14.7 Å². The lowest BCUT2D eigenvalue weighted by Gasteiger charge is -2.23. The van der Waals surface area contributed by atoms with Gasteiger partial charge in [0.1, 0.15) is 0 Å². The highest BCUT2D eigenvalue weighted by atomic mass is 16.5. The summed E-state index contributed by atoms with van der Waals surface area (Å²) in [5.41, 5.74) is 1.16. The van der Waals surface area contributed by atoms with Gasteiger partial charge in [-0.25, -0.2) is 0 Å². The number of methoxy groups -OCH3 is 1. The van der Waals surface area contributed by atoms with Crippen molar-refractivity contribution in [3.05, 3.63) is 30.3 Å². The van der Waals surface area contributed by atoms with E-state index >= 15 is 0 Å². The first-order valence-electron chi connectivity index (χ1n) is 5.28. The van der Waals surface area contributed by atoms with Crippen LogP contribution >= 0.6 is 0 Å². The number of aliphatic hydroxyl groups excluding tert-OH is 1. The van der Waals surface area contributed by atoms with Crippen molar-refractivity contribution in [3.63, 3.8) is 0 Å². The molecule has 0 saturated carbocycles. The quantitative estimate of drug-likeness (QED) is 0.691. The number of anilines is 1. The molecule has 0 bridgehead atoms. The predicted molar refractivity (Wildman–Crippen MR) is 62.2 cm³/mol. The summed E-state index contributed by atoms with van der Waals surface area (Å²) in [7, 11) is 1.71. The van der Waals surface area contributed by atoms with E-state index in [0.717, 1.165) is 25.3 Å². The molecular formula is C12H19NO2. The summed E-state index contributed by atoms with van der Waals surface area (Å²) < 4.78 is 5.02. The molecule has 0 aromatic heterocycles.